The highest BCUT2D eigenvalue weighted by Crippen LogP contribution is 2.35. The van der Waals surface area contributed by atoms with Gasteiger partial charge in [-0.15, -0.1) is 0 Å². The van der Waals surface area contributed by atoms with Gasteiger partial charge in [0.25, 0.3) is 0 Å². The zero-order chi connectivity index (χ0) is 21.5. The van der Waals surface area contributed by atoms with E-state index < -0.39 is 12.0 Å². The number of aryl methyl sites for hydroxylation is 1. The Balaban J connectivity index is 1.47. The Morgan fingerprint density at radius 1 is 1.32 bits per heavy atom. The molecule has 2 atom stereocenters. The van der Waals surface area contributed by atoms with Gasteiger partial charge in [-0.2, -0.15) is 0 Å². The molecule has 1 aliphatic rings. The summed E-state index contributed by atoms with van der Waals surface area (Å²) < 4.78 is 6.01. The lowest BCUT2D eigenvalue weighted by molar-refractivity contribution is -0.138. The van der Waals surface area contributed by atoms with Gasteiger partial charge in [0.1, 0.15) is 28.8 Å². The van der Waals surface area contributed by atoms with Gasteiger partial charge in [-0.05, 0) is 19.1 Å². The summed E-state index contributed by atoms with van der Waals surface area (Å²) in [7, 11) is 0. The van der Waals surface area contributed by atoms with Crippen LogP contribution in [0.2, 0.25) is 0 Å². The molecule has 0 aliphatic carbocycles. The number of benzene rings is 1. The molecule has 31 heavy (non-hydrogen) atoms. The average Bonchev–Trinajstić information content (AvgIpc) is 3.46. The van der Waals surface area contributed by atoms with Crippen molar-refractivity contribution in [3.05, 3.63) is 48.3 Å². The number of imidazole rings is 1. The molecular formula is C21H20N6O4. The molecule has 1 saturated heterocycles. The maximum Gasteiger partial charge on any atom is 0.326 e. The number of aromatic nitrogens is 4. The van der Waals surface area contributed by atoms with Gasteiger partial charge in [-0.1, -0.05) is 12.1 Å². The molecule has 10 heteroatoms. The summed E-state index contributed by atoms with van der Waals surface area (Å²) >= 11 is 0. The third-order valence-corrected chi connectivity index (χ3v) is 5.42. The van der Waals surface area contributed by atoms with E-state index in [-0.39, 0.29) is 24.8 Å². The number of fused-ring (bicyclic) bond motifs is 3. The smallest absolute Gasteiger partial charge is 0.326 e. The molecule has 0 radical (unpaired) electrons. The number of aromatic amines is 1. The van der Waals surface area contributed by atoms with Crippen molar-refractivity contribution >= 4 is 39.8 Å². The Labute approximate surface area is 176 Å². The van der Waals surface area contributed by atoms with Crippen LogP contribution in [-0.4, -0.2) is 55.5 Å². The van der Waals surface area contributed by atoms with Gasteiger partial charge in [-0.3, -0.25) is 4.79 Å². The van der Waals surface area contributed by atoms with Gasteiger partial charge in [0.15, 0.2) is 11.4 Å². The Hall–Kier alpha value is -3.95. The largest absolute Gasteiger partial charge is 0.480 e. The van der Waals surface area contributed by atoms with Crippen LogP contribution in [0.5, 0.6) is 0 Å². The monoisotopic (exact) mass is 420 g/mol. The predicted molar refractivity (Wildman–Crippen MR) is 112 cm³/mol. The Kier molecular flexibility index (Phi) is 4.54. The molecular weight excluding hydrogens is 400 g/mol. The maximum absolute atomic E-state index is 12.4. The Morgan fingerprint density at radius 2 is 2.16 bits per heavy atom. The van der Waals surface area contributed by atoms with Crippen LogP contribution in [0.25, 0.3) is 22.1 Å². The van der Waals surface area contributed by atoms with E-state index in [1.54, 1.807) is 24.2 Å². The number of carbonyl (C=O) groups is 2. The number of nitrogens with zero attached hydrogens (tertiary/aromatic N) is 4. The van der Waals surface area contributed by atoms with E-state index in [2.05, 4.69) is 25.3 Å². The number of aliphatic carboxylic acids is 1. The van der Waals surface area contributed by atoms with Crippen molar-refractivity contribution in [3.8, 4) is 0 Å². The third-order valence-electron chi connectivity index (χ3n) is 5.42. The molecule has 0 saturated carbocycles. The third kappa shape index (κ3) is 3.45. The van der Waals surface area contributed by atoms with E-state index in [4.69, 9.17) is 4.42 Å². The number of anilines is 1. The molecule has 0 bridgehead atoms. The lowest BCUT2D eigenvalue weighted by Gasteiger charge is -2.22. The van der Waals surface area contributed by atoms with E-state index in [9.17, 15) is 14.7 Å². The fraction of sp³-hybridized carbons (Fsp3) is 0.286. The molecule has 5 rings (SSSR count). The number of hydrogen-bond acceptors (Lipinski definition) is 7. The van der Waals surface area contributed by atoms with Gasteiger partial charge >= 0.3 is 5.97 Å². The van der Waals surface area contributed by atoms with Crippen LogP contribution < -0.4 is 10.2 Å². The van der Waals surface area contributed by atoms with Crippen LogP contribution in [0.3, 0.4) is 0 Å². The fourth-order valence-electron chi connectivity index (χ4n) is 4.11. The molecule has 2 unspecified atom stereocenters. The summed E-state index contributed by atoms with van der Waals surface area (Å²) in [5.41, 5.74) is 1.75. The van der Waals surface area contributed by atoms with Crippen LogP contribution in [0.4, 0.5) is 5.82 Å². The van der Waals surface area contributed by atoms with Crippen LogP contribution >= 0.6 is 0 Å². The van der Waals surface area contributed by atoms with Gasteiger partial charge in [-0.25, -0.2) is 19.7 Å². The molecule has 10 nitrogen and oxygen atoms in total. The number of para-hydroxylation sites is 1. The lowest BCUT2D eigenvalue weighted by Crippen LogP contribution is -2.39. The lowest BCUT2D eigenvalue weighted by atomic mass is 10.1. The first-order chi connectivity index (χ1) is 15.0. The highest BCUT2D eigenvalue weighted by molar-refractivity contribution is 6.06. The minimum absolute atomic E-state index is 0.0989. The van der Waals surface area contributed by atoms with Gasteiger partial charge in [0.2, 0.25) is 5.91 Å². The summed E-state index contributed by atoms with van der Waals surface area (Å²) in [4.78, 5) is 42.1. The predicted octanol–water partition coefficient (Wildman–Crippen LogP) is 1.80. The second kappa shape index (κ2) is 7.38. The number of H-pyrrole nitrogens is 1. The van der Waals surface area contributed by atoms with Crippen molar-refractivity contribution in [2.45, 2.75) is 31.8 Å². The standard InChI is InChI=1S/C21H20N6O4/c1-11-24-18-13-4-2-3-5-15(13)31-19(18)20(25-11)27-10-12(8-14(27)21(29)30)26-17(28)9-16-22-6-7-23-16/h2-7,12,14H,8-10H2,1H3,(H,22,23)(H,26,28)(H,29,30). The normalized spacial score (nSPS) is 18.7. The molecule has 1 aliphatic heterocycles. The quantitative estimate of drug-likeness (QED) is 0.444. The molecule has 3 aromatic heterocycles. The number of amides is 1. The van der Waals surface area contributed by atoms with Gasteiger partial charge in [0, 0.05) is 36.8 Å². The molecule has 1 aromatic carbocycles. The fourth-order valence-corrected chi connectivity index (χ4v) is 4.11. The number of furan rings is 1. The maximum atomic E-state index is 12.4. The van der Waals surface area contributed by atoms with Crippen LogP contribution in [0, 0.1) is 6.92 Å². The van der Waals surface area contributed by atoms with Crippen LogP contribution in [-0.2, 0) is 16.0 Å². The van der Waals surface area contributed by atoms with E-state index in [1.807, 2.05) is 24.3 Å². The van der Waals surface area contributed by atoms with Crippen molar-refractivity contribution in [2.24, 2.45) is 0 Å². The van der Waals surface area contributed by atoms with Crippen molar-refractivity contribution in [2.75, 3.05) is 11.4 Å². The minimum Gasteiger partial charge on any atom is -0.480 e. The van der Waals surface area contributed by atoms with Crippen molar-refractivity contribution in [3.63, 3.8) is 0 Å². The summed E-state index contributed by atoms with van der Waals surface area (Å²) in [6, 6.07) is 6.32. The van der Waals surface area contributed by atoms with Crippen LogP contribution in [0.15, 0.2) is 41.1 Å². The molecule has 4 heterocycles. The summed E-state index contributed by atoms with van der Waals surface area (Å²) in [5, 5.41) is 13.6. The van der Waals surface area contributed by atoms with Gasteiger partial charge in [0.05, 0.1) is 6.42 Å². The number of carboxylic acids is 1. The summed E-state index contributed by atoms with van der Waals surface area (Å²) in [6.07, 6.45) is 3.58. The molecule has 3 N–H and O–H groups in total. The molecule has 1 fully saturated rings. The summed E-state index contributed by atoms with van der Waals surface area (Å²) in [5.74, 6) is 0.289. The Morgan fingerprint density at radius 3 is 2.94 bits per heavy atom. The SMILES string of the molecule is Cc1nc(N2CC(NC(=O)Cc3ncc[nH]3)CC2C(=O)O)c2oc3ccccc3c2n1. The van der Waals surface area contributed by atoms with Gasteiger partial charge < -0.3 is 24.7 Å². The number of rotatable bonds is 5. The number of carbonyl (C=O) groups excluding carboxylic acids is 1. The van der Waals surface area contributed by atoms with E-state index in [0.717, 1.165) is 5.39 Å². The van der Waals surface area contributed by atoms with E-state index in [0.29, 0.717) is 40.7 Å². The highest BCUT2D eigenvalue weighted by Gasteiger charge is 2.40. The summed E-state index contributed by atoms with van der Waals surface area (Å²) in [6.45, 7) is 2.06. The topological polar surface area (TPSA) is 137 Å². The van der Waals surface area contributed by atoms with Crippen LogP contribution in [0.1, 0.15) is 18.1 Å². The molecule has 0 spiro atoms. The number of hydrogen-bond donors (Lipinski definition) is 3. The van der Waals surface area contributed by atoms with Crippen molar-refractivity contribution in [1.29, 1.82) is 0 Å². The first-order valence-corrected chi connectivity index (χ1v) is 9.92. The van der Waals surface area contributed by atoms with E-state index in [1.165, 1.54) is 0 Å². The number of nitrogens with one attached hydrogen (secondary N) is 2. The average molecular weight is 420 g/mol. The Bertz CT molecular complexity index is 1280. The van der Waals surface area contributed by atoms with Crippen molar-refractivity contribution in [1.82, 2.24) is 25.3 Å². The minimum atomic E-state index is -0.983. The number of carboxylic acid groups (broad SMARTS) is 1. The second-order valence-electron chi connectivity index (χ2n) is 7.59. The molecule has 1 amide bonds. The molecule has 158 valence electrons. The molecule has 4 aromatic rings. The first kappa shape index (κ1) is 19.0. The highest BCUT2D eigenvalue weighted by atomic mass is 16.4. The van der Waals surface area contributed by atoms with E-state index >= 15 is 0 Å². The zero-order valence-electron chi connectivity index (χ0n) is 16.7. The second-order valence-corrected chi connectivity index (χ2v) is 7.59. The zero-order valence-corrected chi connectivity index (χ0v) is 16.7. The van der Waals surface area contributed by atoms with Crippen molar-refractivity contribution < 1.29 is 19.1 Å². The first-order valence-electron chi connectivity index (χ1n) is 9.92.